The molecular weight excluding hydrogens is 372 g/mol. The molecule has 5 nitrogen and oxygen atoms in total. The summed E-state index contributed by atoms with van der Waals surface area (Å²) < 4.78 is 5.46. The number of benzene rings is 2. The van der Waals surface area contributed by atoms with Crippen molar-refractivity contribution in [2.75, 3.05) is 19.0 Å². The molecule has 2 rings (SSSR count). The van der Waals surface area contributed by atoms with Gasteiger partial charge in [-0.25, -0.2) is 4.79 Å². The normalized spacial score (nSPS) is 10.1. The molecule has 0 unspecified atom stereocenters. The molecule has 24 heavy (non-hydrogen) atoms. The van der Waals surface area contributed by atoms with E-state index in [2.05, 4.69) is 26.0 Å². The molecule has 0 atom stereocenters. The van der Waals surface area contributed by atoms with Gasteiger partial charge in [0, 0.05) is 17.6 Å². The average Bonchev–Trinajstić information content (AvgIpc) is 2.61. The summed E-state index contributed by atoms with van der Waals surface area (Å²) in [6.45, 7) is 0.686. The van der Waals surface area contributed by atoms with Crippen LogP contribution in [0, 0.1) is 0 Å². The second kappa shape index (κ2) is 9.08. The second-order valence-electron chi connectivity index (χ2n) is 5.14. The van der Waals surface area contributed by atoms with Crippen molar-refractivity contribution in [3.05, 3.63) is 64.6 Å². The minimum Gasteiger partial charge on any atom is -0.469 e. The van der Waals surface area contributed by atoms with Gasteiger partial charge >= 0.3 is 12.0 Å². The van der Waals surface area contributed by atoms with E-state index in [1.807, 2.05) is 54.6 Å². The molecule has 0 spiro atoms. The number of nitrogens with zero attached hydrogens (tertiary/aromatic N) is 1. The van der Waals surface area contributed by atoms with Crippen molar-refractivity contribution >= 4 is 33.6 Å². The first-order valence-electron chi connectivity index (χ1n) is 7.51. The summed E-state index contributed by atoms with van der Waals surface area (Å²) in [5, 5.41) is 2.86. The third-order valence-corrected chi connectivity index (χ3v) is 4.12. The average molecular weight is 391 g/mol. The third kappa shape index (κ3) is 5.38. The quantitative estimate of drug-likeness (QED) is 0.756. The maximum atomic E-state index is 12.6. The number of para-hydroxylation sites is 1. The van der Waals surface area contributed by atoms with Gasteiger partial charge in [0.05, 0.1) is 19.2 Å². The zero-order valence-corrected chi connectivity index (χ0v) is 15.0. The lowest BCUT2D eigenvalue weighted by Gasteiger charge is -2.23. The Morgan fingerprint density at radius 3 is 2.42 bits per heavy atom. The summed E-state index contributed by atoms with van der Waals surface area (Å²) in [5.74, 6) is -0.346. The van der Waals surface area contributed by atoms with Crippen molar-refractivity contribution in [2.24, 2.45) is 0 Å². The van der Waals surface area contributed by atoms with Crippen molar-refractivity contribution in [2.45, 2.75) is 13.0 Å². The molecule has 2 amide bonds. The fourth-order valence-corrected chi connectivity index (χ4v) is 2.53. The lowest BCUT2D eigenvalue weighted by Crippen LogP contribution is -2.36. The van der Waals surface area contributed by atoms with Gasteiger partial charge < -0.3 is 15.0 Å². The molecule has 0 aliphatic rings. The number of hydrogen-bond donors (Lipinski definition) is 1. The van der Waals surface area contributed by atoms with Gasteiger partial charge in [0.15, 0.2) is 0 Å². The Morgan fingerprint density at radius 2 is 1.75 bits per heavy atom. The number of carbonyl (C=O) groups is 2. The van der Waals surface area contributed by atoms with Crippen LogP contribution in [0.5, 0.6) is 0 Å². The van der Waals surface area contributed by atoms with Crippen LogP contribution in [0.15, 0.2) is 59.1 Å². The first-order chi connectivity index (χ1) is 11.6. The zero-order valence-electron chi connectivity index (χ0n) is 13.4. The van der Waals surface area contributed by atoms with Gasteiger partial charge in [-0.2, -0.15) is 0 Å². The smallest absolute Gasteiger partial charge is 0.322 e. The Kier molecular flexibility index (Phi) is 6.81. The summed E-state index contributed by atoms with van der Waals surface area (Å²) in [5.41, 5.74) is 1.67. The monoisotopic (exact) mass is 390 g/mol. The molecule has 0 fully saturated rings. The van der Waals surface area contributed by atoms with E-state index >= 15 is 0 Å². The van der Waals surface area contributed by atoms with Crippen LogP contribution in [0.4, 0.5) is 10.5 Å². The van der Waals surface area contributed by atoms with Crippen molar-refractivity contribution in [1.29, 1.82) is 0 Å². The minimum atomic E-state index is -0.346. The highest BCUT2D eigenvalue weighted by molar-refractivity contribution is 9.10. The topological polar surface area (TPSA) is 58.6 Å². The molecule has 0 aromatic heterocycles. The number of ether oxygens (including phenoxy) is 1. The van der Waals surface area contributed by atoms with E-state index in [0.717, 1.165) is 10.0 Å². The standard InChI is InChI=1S/C18H19BrN2O3/c1-24-17(22)11-12-21(13-14-7-3-2-4-8-14)18(23)20-16-10-6-5-9-15(16)19/h2-10H,11-13H2,1H3,(H,20,23). The van der Waals surface area contributed by atoms with Gasteiger partial charge in [0.1, 0.15) is 0 Å². The Balaban J connectivity index is 2.09. The predicted octanol–water partition coefficient (Wildman–Crippen LogP) is 4.05. The van der Waals surface area contributed by atoms with Crippen LogP contribution in [-0.2, 0) is 16.1 Å². The summed E-state index contributed by atoms with van der Waals surface area (Å²) in [4.78, 5) is 25.6. The molecular formula is C18H19BrN2O3. The number of nitrogens with one attached hydrogen (secondary N) is 1. The lowest BCUT2D eigenvalue weighted by molar-refractivity contribution is -0.140. The van der Waals surface area contributed by atoms with Crippen molar-refractivity contribution < 1.29 is 14.3 Å². The number of hydrogen-bond acceptors (Lipinski definition) is 3. The van der Waals surface area contributed by atoms with Gasteiger partial charge in [0.2, 0.25) is 0 Å². The molecule has 0 aliphatic heterocycles. The first kappa shape index (κ1) is 18.0. The number of amides is 2. The van der Waals surface area contributed by atoms with Gasteiger partial charge in [-0.3, -0.25) is 4.79 Å². The largest absolute Gasteiger partial charge is 0.469 e. The lowest BCUT2D eigenvalue weighted by atomic mass is 10.2. The zero-order chi connectivity index (χ0) is 17.4. The highest BCUT2D eigenvalue weighted by Gasteiger charge is 2.16. The third-order valence-electron chi connectivity index (χ3n) is 3.43. The molecule has 1 N–H and O–H groups in total. The van der Waals surface area contributed by atoms with E-state index in [1.165, 1.54) is 7.11 Å². The molecule has 0 bridgehead atoms. The molecule has 6 heteroatoms. The number of urea groups is 1. The molecule has 126 valence electrons. The van der Waals surface area contributed by atoms with E-state index in [9.17, 15) is 9.59 Å². The molecule has 0 aliphatic carbocycles. The summed E-state index contributed by atoms with van der Waals surface area (Å²) in [7, 11) is 1.34. The van der Waals surface area contributed by atoms with E-state index in [4.69, 9.17) is 0 Å². The first-order valence-corrected chi connectivity index (χ1v) is 8.30. The van der Waals surface area contributed by atoms with E-state index in [0.29, 0.717) is 12.2 Å². The number of carbonyl (C=O) groups excluding carboxylic acids is 2. The van der Waals surface area contributed by atoms with Crippen LogP contribution in [-0.4, -0.2) is 30.6 Å². The molecule has 2 aromatic rings. The van der Waals surface area contributed by atoms with Gasteiger partial charge in [-0.05, 0) is 33.6 Å². The fraction of sp³-hybridized carbons (Fsp3) is 0.222. The number of halogens is 1. The Morgan fingerprint density at radius 1 is 1.08 bits per heavy atom. The Bertz CT molecular complexity index is 692. The van der Waals surface area contributed by atoms with Gasteiger partial charge in [0.25, 0.3) is 0 Å². The van der Waals surface area contributed by atoms with Crippen LogP contribution in [0.3, 0.4) is 0 Å². The number of methoxy groups -OCH3 is 1. The van der Waals surface area contributed by atoms with E-state index in [-0.39, 0.29) is 25.0 Å². The van der Waals surface area contributed by atoms with Gasteiger partial charge in [-0.15, -0.1) is 0 Å². The number of esters is 1. The summed E-state index contributed by atoms with van der Waals surface area (Å²) >= 11 is 3.41. The molecule has 2 aromatic carbocycles. The van der Waals surface area contributed by atoms with Crippen LogP contribution in [0.1, 0.15) is 12.0 Å². The van der Waals surface area contributed by atoms with Crippen LogP contribution < -0.4 is 5.32 Å². The van der Waals surface area contributed by atoms with E-state index < -0.39 is 0 Å². The van der Waals surface area contributed by atoms with Crippen LogP contribution in [0.25, 0.3) is 0 Å². The molecule has 0 saturated heterocycles. The molecule has 0 radical (unpaired) electrons. The minimum absolute atomic E-state index is 0.146. The summed E-state index contributed by atoms with van der Waals surface area (Å²) in [6, 6.07) is 16.7. The van der Waals surface area contributed by atoms with Crippen LogP contribution >= 0.6 is 15.9 Å². The van der Waals surface area contributed by atoms with Crippen molar-refractivity contribution in [3.63, 3.8) is 0 Å². The number of anilines is 1. The predicted molar refractivity (Wildman–Crippen MR) is 96.6 cm³/mol. The summed E-state index contributed by atoms with van der Waals surface area (Å²) in [6.07, 6.45) is 0.146. The maximum Gasteiger partial charge on any atom is 0.322 e. The highest BCUT2D eigenvalue weighted by Crippen LogP contribution is 2.22. The van der Waals surface area contributed by atoms with Gasteiger partial charge in [-0.1, -0.05) is 42.5 Å². The van der Waals surface area contributed by atoms with Crippen molar-refractivity contribution in [1.82, 2.24) is 4.90 Å². The van der Waals surface area contributed by atoms with E-state index in [1.54, 1.807) is 4.90 Å². The molecule has 0 heterocycles. The second-order valence-corrected chi connectivity index (χ2v) is 6.00. The maximum absolute atomic E-state index is 12.6. The highest BCUT2D eigenvalue weighted by atomic mass is 79.9. The molecule has 0 saturated carbocycles. The fourth-order valence-electron chi connectivity index (χ4n) is 2.14. The van der Waals surface area contributed by atoms with Crippen LogP contribution in [0.2, 0.25) is 0 Å². The SMILES string of the molecule is COC(=O)CCN(Cc1ccccc1)C(=O)Nc1ccccc1Br. The number of rotatable bonds is 6. The van der Waals surface area contributed by atoms with Crippen molar-refractivity contribution in [3.8, 4) is 0 Å². The Hall–Kier alpha value is -2.34. The Labute approximate surface area is 149 Å².